The lowest BCUT2D eigenvalue weighted by atomic mass is 9.92. The summed E-state index contributed by atoms with van der Waals surface area (Å²) < 4.78 is 11.0. The monoisotopic (exact) mass is 262 g/mol. The summed E-state index contributed by atoms with van der Waals surface area (Å²) in [4.78, 5) is 0. The molecule has 0 saturated carbocycles. The van der Waals surface area contributed by atoms with E-state index in [-0.39, 0.29) is 11.5 Å². The van der Waals surface area contributed by atoms with E-state index in [0.29, 0.717) is 13.0 Å². The lowest BCUT2D eigenvalue weighted by Gasteiger charge is -2.18. The molecule has 104 valence electrons. The first-order valence-corrected chi connectivity index (χ1v) is 6.37. The summed E-state index contributed by atoms with van der Waals surface area (Å²) in [5.74, 6) is 1.46. The summed E-state index contributed by atoms with van der Waals surface area (Å²) in [7, 11) is 1.61. The highest BCUT2D eigenvalue weighted by Crippen LogP contribution is 2.29. The van der Waals surface area contributed by atoms with Crippen molar-refractivity contribution in [3.63, 3.8) is 0 Å². The van der Waals surface area contributed by atoms with Crippen LogP contribution >= 0.6 is 0 Å². The Morgan fingerprint density at radius 2 is 2.11 bits per heavy atom. The molecule has 19 heavy (non-hydrogen) atoms. The standard InChI is InChI=1S/C15H22N2O2/c1-11(17)13-6-5-12(18-4)9-14(13)19-8-7-15(2,3)10-16/h5-6,9,11H,7-8,17H2,1-4H3/t11-/m0/s1. The largest absolute Gasteiger partial charge is 0.497 e. The number of hydrogen-bond acceptors (Lipinski definition) is 4. The maximum Gasteiger partial charge on any atom is 0.127 e. The van der Waals surface area contributed by atoms with Gasteiger partial charge < -0.3 is 15.2 Å². The van der Waals surface area contributed by atoms with Crippen LogP contribution in [0.25, 0.3) is 0 Å². The first-order chi connectivity index (χ1) is 8.89. The van der Waals surface area contributed by atoms with E-state index in [9.17, 15) is 0 Å². The quantitative estimate of drug-likeness (QED) is 0.855. The highest BCUT2D eigenvalue weighted by Gasteiger charge is 2.17. The van der Waals surface area contributed by atoms with Gasteiger partial charge in [0.05, 0.1) is 25.2 Å². The molecule has 0 radical (unpaired) electrons. The van der Waals surface area contributed by atoms with Gasteiger partial charge >= 0.3 is 0 Å². The van der Waals surface area contributed by atoms with Crippen molar-refractivity contribution in [2.45, 2.75) is 33.2 Å². The van der Waals surface area contributed by atoms with Crippen LogP contribution in [-0.4, -0.2) is 13.7 Å². The number of nitrogens with two attached hydrogens (primary N) is 1. The summed E-state index contributed by atoms with van der Waals surface area (Å²) in [6.45, 7) is 6.18. The van der Waals surface area contributed by atoms with Crippen LogP contribution in [0.3, 0.4) is 0 Å². The van der Waals surface area contributed by atoms with E-state index in [1.165, 1.54) is 0 Å². The van der Waals surface area contributed by atoms with Crippen molar-refractivity contribution in [3.8, 4) is 17.6 Å². The molecule has 1 atom stereocenters. The van der Waals surface area contributed by atoms with Crippen LogP contribution < -0.4 is 15.2 Å². The molecule has 1 aromatic rings. The van der Waals surface area contributed by atoms with Gasteiger partial charge in [-0.25, -0.2) is 0 Å². The van der Waals surface area contributed by atoms with Crippen molar-refractivity contribution in [2.75, 3.05) is 13.7 Å². The fourth-order valence-electron chi connectivity index (χ4n) is 1.61. The Balaban J connectivity index is 2.78. The number of rotatable bonds is 6. The maximum absolute atomic E-state index is 8.97. The van der Waals surface area contributed by atoms with E-state index in [1.807, 2.05) is 39.0 Å². The lowest BCUT2D eigenvalue weighted by molar-refractivity contribution is 0.260. The van der Waals surface area contributed by atoms with Gasteiger partial charge in [-0.15, -0.1) is 0 Å². The first kappa shape index (κ1) is 15.3. The molecule has 0 spiro atoms. The minimum atomic E-state index is -0.382. The van der Waals surface area contributed by atoms with Crippen LogP contribution in [-0.2, 0) is 0 Å². The Kier molecular flexibility index (Phi) is 5.20. The Labute approximate surface area is 115 Å². The van der Waals surface area contributed by atoms with Crippen LogP contribution in [0.1, 0.15) is 38.8 Å². The van der Waals surface area contributed by atoms with Crippen molar-refractivity contribution in [3.05, 3.63) is 23.8 Å². The summed E-state index contributed by atoms with van der Waals surface area (Å²) in [6.07, 6.45) is 0.666. The summed E-state index contributed by atoms with van der Waals surface area (Å²) in [5, 5.41) is 8.97. The Hall–Kier alpha value is -1.73. The SMILES string of the molecule is COc1ccc([C@H](C)N)c(OCCC(C)(C)C#N)c1. The van der Waals surface area contributed by atoms with Gasteiger partial charge in [-0.2, -0.15) is 5.26 Å². The Morgan fingerprint density at radius 1 is 1.42 bits per heavy atom. The molecule has 0 aliphatic rings. The summed E-state index contributed by atoms with van der Waals surface area (Å²) >= 11 is 0. The number of hydrogen-bond donors (Lipinski definition) is 1. The predicted molar refractivity (Wildman–Crippen MR) is 75.1 cm³/mol. The van der Waals surface area contributed by atoms with E-state index >= 15 is 0 Å². The van der Waals surface area contributed by atoms with Crippen molar-refractivity contribution >= 4 is 0 Å². The van der Waals surface area contributed by atoms with Gasteiger partial charge in [-0.1, -0.05) is 6.07 Å². The van der Waals surface area contributed by atoms with Crippen LogP contribution in [0.15, 0.2) is 18.2 Å². The zero-order chi connectivity index (χ0) is 14.5. The first-order valence-electron chi connectivity index (χ1n) is 6.37. The van der Waals surface area contributed by atoms with Gasteiger partial charge in [0.25, 0.3) is 0 Å². The van der Waals surface area contributed by atoms with Crippen LogP contribution in [0.2, 0.25) is 0 Å². The molecular weight excluding hydrogens is 240 g/mol. The van der Waals surface area contributed by atoms with Crippen molar-refractivity contribution in [1.82, 2.24) is 0 Å². The van der Waals surface area contributed by atoms with Crippen molar-refractivity contribution in [2.24, 2.45) is 11.1 Å². The topological polar surface area (TPSA) is 68.3 Å². The van der Waals surface area contributed by atoms with Gasteiger partial charge in [-0.3, -0.25) is 0 Å². The van der Waals surface area contributed by atoms with Crippen molar-refractivity contribution < 1.29 is 9.47 Å². The molecule has 2 N–H and O–H groups in total. The molecule has 0 aromatic heterocycles. The Bertz CT molecular complexity index is 462. The minimum absolute atomic E-state index is 0.107. The van der Waals surface area contributed by atoms with E-state index in [0.717, 1.165) is 17.1 Å². The number of methoxy groups -OCH3 is 1. The van der Waals surface area contributed by atoms with Crippen LogP contribution in [0, 0.1) is 16.7 Å². The van der Waals surface area contributed by atoms with Crippen molar-refractivity contribution in [1.29, 1.82) is 5.26 Å². The second-order valence-electron chi connectivity index (χ2n) is 5.29. The molecule has 0 aliphatic heterocycles. The number of benzene rings is 1. The van der Waals surface area contributed by atoms with E-state index < -0.39 is 0 Å². The van der Waals surface area contributed by atoms with Gasteiger partial charge in [0.1, 0.15) is 11.5 Å². The second kappa shape index (κ2) is 6.44. The lowest BCUT2D eigenvalue weighted by Crippen LogP contribution is -2.14. The summed E-state index contributed by atoms with van der Waals surface area (Å²) in [5.41, 5.74) is 6.48. The molecule has 0 saturated heterocycles. The zero-order valence-electron chi connectivity index (χ0n) is 12.1. The molecule has 4 nitrogen and oxygen atoms in total. The second-order valence-corrected chi connectivity index (χ2v) is 5.29. The average Bonchev–Trinajstić information content (AvgIpc) is 2.38. The normalized spacial score (nSPS) is 12.6. The van der Waals surface area contributed by atoms with Gasteiger partial charge in [0.2, 0.25) is 0 Å². The highest BCUT2D eigenvalue weighted by atomic mass is 16.5. The maximum atomic E-state index is 8.97. The number of nitriles is 1. The molecule has 0 amide bonds. The van der Waals surface area contributed by atoms with Crippen LogP contribution in [0.5, 0.6) is 11.5 Å². The molecule has 4 heteroatoms. The third-order valence-corrected chi connectivity index (χ3v) is 3.00. The van der Waals surface area contributed by atoms with E-state index in [4.69, 9.17) is 20.5 Å². The van der Waals surface area contributed by atoms with Gasteiger partial charge in [0.15, 0.2) is 0 Å². The molecule has 0 aliphatic carbocycles. The van der Waals surface area contributed by atoms with E-state index in [1.54, 1.807) is 7.11 Å². The molecule has 0 fully saturated rings. The van der Waals surface area contributed by atoms with Gasteiger partial charge in [-0.05, 0) is 33.3 Å². The number of nitrogens with zero attached hydrogens (tertiary/aromatic N) is 1. The summed E-state index contributed by atoms with van der Waals surface area (Å²) in [6, 6.07) is 7.76. The average molecular weight is 262 g/mol. The number of ether oxygens (including phenoxy) is 2. The zero-order valence-corrected chi connectivity index (χ0v) is 12.1. The molecule has 0 unspecified atom stereocenters. The molecule has 0 bridgehead atoms. The predicted octanol–water partition coefficient (Wildman–Crippen LogP) is 3.03. The molecule has 1 rings (SSSR count). The highest BCUT2D eigenvalue weighted by molar-refractivity contribution is 5.42. The third-order valence-electron chi connectivity index (χ3n) is 3.00. The molecule has 0 heterocycles. The minimum Gasteiger partial charge on any atom is -0.497 e. The third kappa shape index (κ3) is 4.46. The molecular formula is C15H22N2O2. The van der Waals surface area contributed by atoms with E-state index in [2.05, 4.69) is 6.07 Å². The Morgan fingerprint density at radius 3 is 2.63 bits per heavy atom. The smallest absolute Gasteiger partial charge is 0.127 e. The van der Waals surface area contributed by atoms with Crippen LogP contribution in [0.4, 0.5) is 0 Å². The molecule has 1 aromatic carbocycles. The fourth-order valence-corrected chi connectivity index (χ4v) is 1.61. The fraction of sp³-hybridized carbons (Fsp3) is 0.533. The van der Waals surface area contributed by atoms with Gasteiger partial charge in [0, 0.05) is 17.7 Å².